The molecule has 12 nitrogen and oxygen atoms in total. The number of nitrogens with one attached hydrogen (secondary N) is 3. The molecule has 0 unspecified atom stereocenters. The number of ether oxygens (including phenoxy) is 1. The molecule has 5 atom stereocenters. The Morgan fingerprint density at radius 1 is 0.703 bits per heavy atom. The van der Waals surface area contributed by atoms with Crippen molar-refractivity contribution in [2.24, 2.45) is 11.8 Å². The number of imidazole rings is 2. The number of amides is 3. The number of H-pyrrole nitrogens is 2. The van der Waals surface area contributed by atoms with Crippen LogP contribution in [0.5, 0.6) is 0 Å². The second-order valence-corrected chi connectivity index (χ2v) is 19.6. The van der Waals surface area contributed by atoms with E-state index in [1.165, 1.54) is 29.5 Å². The normalized spacial score (nSPS) is 20.7. The van der Waals surface area contributed by atoms with Gasteiger partial charge in [0.15, 0.2) is 0 Å². The molecule has 1 radical (unpaired) electrons. The molecule has 3 amide bonds. The first-order chi connectivity index (χ1) is 30.7. The van der Waals surface area contributed by atoms with Crippen molar-refractivity contribution in [2.75, 3.05) is 25.1 Å². The number of aromatic nitrogens is 4. The summed E-state index contributed by atoms with van der Waals surface area (Å²) in [4.78, 5) is 62.0. The minimum absolute atomic E-state index is 0.00644. The highest BCUT2D eigenvalue weighted by Crippen LogP contribution is 2.48. The fourth-order valence-corrected chi connectivity index (χ4v) is 9.93. The molecule has 3 aliphatic heterocycles. The van der Waals surface area contributed by atoms with Gasteiger partial charge >= 0.3 is 6.09 Å². The van der Waals surface area contributed by atoms with Gasteiger partial charge in [-0.1, -0.05) is 109 Å². The Morgan fingerprint density at radius 2 is 1.20 bits per heavy atom. The van der Waals surface area contributed by atoms with Gasteiger partial charge in [-0.25, -0.2) is 14.8 Å². The molecule has 8 rings (SSSR count). The number of likely N-dealkylation sites (tertiary alicyclic amines) is 2. The summed E-state index contributed by atoms with van der Waals surface area (Å²) in [6.45, 7) is 16.1. The van der Waals surface area contributed by atoms with Gasteiger partial charge < -0.3 is 34.7 Å². The number of anilines is 1. The summed E-state index contributed by atoms with van der Waals surface area (Å²) >= 11 is 0. The molecule has 3 aromatic carbocycles. The van der Waals surface area contributed by atoms with E-state index in [2.05, 4.69) is 114 Å². The van der Waals surface area contributed by atoms with Crippen molar-refractivity contribution in [3.05, 3.63) is 120 Å². The molecule has 5 aromatic rings. The molecule has 0 bridgehead atoms. The summed E-state index contributed by atoms with van der Waals surface area (Å²) < 4.78 is 4.81. The van der Waals surface area contributed by atoms with Crippen LogP contribution < -0.4 is 10.2 Å². The van der Waals surface area contributed by atoms with Crippen LogP contribution in [-0.2, 0) is 19.7 Å². The molecule has 0 aliphatic carbocycles. The van der Waals surface area contributed by atoms with Gasteiger partial charge in [-0.2, -0.15) is 0 Å². The van der Waals surface area contributed by atoms with Crippen LogP contribution in [0.3, 0.4) is 0 Å². The zero-order chi connectivity index (χ0) is 45.3. The van der Waals surface area contributed by atoms with E-state index in [0.29, 0.717) is 6.54 Å². The lowest BCUT2D eigenvalue weighted by atomic mass is 9.87. The van der Waals surface area contributed by atoms with Crippen LogP contribution in [0.2, 0.25) is 0 Å². The minimum atomic E-state index is -0.679. The summed E-state index contributed by atoms with van der Waals surface area (Å²) in [5.41, 5.74) is 8.79. The van der Waals surface area contributed by atoms with Gasteiger partial charge in [0.2, 0.25) is 11.8 Å². The molecule has 3 saturated heterocycles. The average molecular weight is 866 g/mol. The molecule has 3 fully saturated rings. The summed E-state index contributed by atoms with van der Waals surface area (Å²) in [6, 6.07) is 26.2. The maximum atomic E-state index is 13.7. The monoisotopic (exact) mass is 866 g/mol. The van der Waals surface area contributed by atoms with E-state index in [1.807, 2.05) is 49.9 Å². The number of methoxy groups -OCH3 is 1. The van der Waals surface area contributed by atoms with Crippen LogP contribution in [0.15, 0.2) is 85.2 Å². The fourth-order valence-electron chi connectivity index (χ4n) is 9.93. The zero-order valence-corrected chi connectivity index (χ0v) is 38.7. The van der Waals surface area contributed by atoms with Gasteiger partial charge in [-0.3, -0.25) is 9.59 Å². The van der Waals surface area contributed by atoms with Crippen molar-refractivity contribution in [1.29, 1.82) is 0 Å². The van der Waals surface area contributed by atoms with Crippen molar-refractivity contribution in [3.8, 4) is 22.8 Å². The largest absolute Gasteiger partial charge is 0.453 e. The van der Waals surface area contributed by atoms with E-state index in [0.717, 1.165) is 79.2 Å². The van der Waals surface area contributed by atoms with Gasteiger partial charge in [-0.05, 0) is 84.6 Å². The summed E-state index contributed by atoms with van der Waals surface area (Å²) in [7, 11) is 1.31. The fraction of sp³-hybridized carbons (Fsp3) is 0.462. The highest BCUT2D eigenvalue weighted by Gasteiger charge is 2.39. The molecular weight excluding hydrogens is 801 g/mol. The van der Waals surface area contributed by atoms with Crippen molar-refractivity contribution >= 4 is 23.6 Å². The number of rotatable bonds is 12. The highest BCUT2D eigenvalue weighted by atomic mass is 16.5. The Morgan fingerprint density at radius 3 is 1.67 bits per heavy atom. The van der Waals surface area contributed by atoms with Crippen LogP contribution in [0.25, 0.3) is 22.8 Å². The lowest BCUT2D eigenvalue weighted by Crippen LogP contribution is -2.51. The predicted octanol–water partition coefficient (Wildman–Crippen LogP) is 10.4. The number of carbonyl (C=O) groups excluding carboxylic acids is 3. The van der Waals surface area contributed by atoms with E-state index in [4.69, 9.17) is 14.7 Å². The number of benzene rings is 3. The molecular formula is C52H65N8O4. The quantitative estimate of drug-likeness (QED) is 0.113. The molecule has 5 heterocycles. The maximum absolute atomic E-state index is 13.7. The number of hydrogen-bond acceptors (Lipinski definition) is 7. The van der Waals surface area contributed by atoms with E-state index >= 15 is 0 Å². The maximum Gasteiger partial charge on any atom is 0.407 e. The molecule has 337 valence electrons. The Kier molecular flexibility index (Phi) is 13.0. The van der Waals surface area contributed by atoms with Crippen molar-refractivity contribution in [1.82, 2.24) is 35.1 Å². The van der Waals surface area contributed by atoms with Gasteiger partial charge in [0.25, 0.3) is 0 Å². The zero-order valence-electron chi connectivity index (χ0n) is 38.7. The number of carbonyl (C=O) groups is 3. The Bertz CT molecular complexity index is 2390. The first kappa shape index (κ1) is 44.7. The third-order valence-electron chi connectivity index (χ3n) is 13.4. The van der Waals surface area contributed by atoms with Crippen LogP contribution >= 0.6 is 0 Å². The predicted molar refractivity (Wildman–Crippen MR) is 251 cm³/mol. The molecule has 0 spiro atoms. The van der Waals surface area contributed by atoms with Gasteiger partial charge in [0.05, 0.1) is 49.1 Å². The van der Waals surface area contributed by atoms with Crippen molar-refractivity contribution in [3.63, 3.8) is 0 Å². The molecule has 12 heteroatoms. The summed E-state index contributed by atoms with van der Waals surface area (Å²) in [5.74, 6) is 1.66. The standard InChI is InChI=1S/C52H65N8O4/c1-32(2)29-46(61)58-27-9-11-44(58)40-30-53-48(55-40)36-17-13-34(14-18-36)42-25-26-43(60(42)39-23-21-38(22-24-39)52(5,6)7)35-15-19-37(20-16-35)49-54-31-41(56-49)45-12-10-28-59(45)50(62)47(33(3)4)57-51(63)64-8/h13-24,29-33,42-45,47H,9-12,25-28H2,1-8H3,(H,53,55)(H,54,56)(H,57,63)/t42-,43-,44-,45-,47-/m0/s1. The SMILES string of the molecule is COC(=O)N[C@H](C(=O)N1CCC[C@H]1c1c[nH]c(-c2ccc([C@@H]3CC[C@@H](c4ccc(-c5nc([C@@H]6CCCN6C(=O)[CH]C(C)C)c[nH]5)cc4)N3c3ccc(C(C)(C)C)cc3)cc2)n1)C(C)C. The lowest BCUT2D eigenvalue weighted by molar-refractivity contribution is -0.135. The molecule has 64 heavy (non-hydrogen) atoms. The lowest BCUT2D eigenvalue weighted by Gasteiger charge is -2.34. The molecule has 3 N–H and O–H groups in total. The topological polar surface area (TPSA) is 140 Å². The smallest absolute Gasteiger partial charge is 0.407 e. The highest BCUT2D eigenvalue weighted by molar-refractivity contribution is 5.87. The van der Waals surface area contributed by atoms with E-state index in [-0.39, 0.29) is 53.2 Å². The second kappa shape index (κ2) is 18.7. The van der Waals surface area contributed by atoms with Gasteiger partial charge in [0.1, 0.15) is 17.7 Å². The van der Waals surface area contributed by atoms with Crippen LogP contribution in [0.1, 0.15) is 139 Å². The molecule has 2 aromatic heterocycles. The Labute approximate surface area is 378 Å². The molecule has 3 aliphatic rings. The third-order valence-corrected chi connectivity index (χ3v) is 13.4. The first-order valence-electron chi connectivity index (χ1n) is 23.2. The second-order valence-electron chi connectivity index (χ2n) is 19.6. The van der Waals surface area contributed by atoms with E-state index in [1.54, 1.807) is 6.42 Å². The Hall–Kier alpha value is -5.91. The van der Waals surface area contributed by atoms with Gasteiger partial charge in [0, 0.05) is 42.3 Å². The van der Waals surface area contributed by atoms with E-state index < -0.39 is 12.1 Å². The Balaban J connectivity index is 1.01. The molecule has 0 saturated carbocycles. The number of aromatic amines is 2. The minimum Gasteiger partial charge on any atom is -0.453 e. The number of alkyl carbamates (subject to hydrolysis) is 1. The summed E-state index contributed by atoms with van der Waals surface area (Å²) in [5, 5.41) is 2.73. The third kappa shape index (κ3) is 9.33. The average Bonchev–Trinajstić information content (AvgIpc) is 4.14. The van der Waals surface area contributed by atoms with Gasteiger partial charge in [-0.15, -0.1) is 0 Å². The number of hydrogen-bond donors (Lipinski definition) is 3. The van der Waals surface area contributed by atoms with Crippen LogP contribution in [-0.4, -0.2) is 73.9 Å². The van der Waals surface area contributed by atoms with Crippen LogP contribution in [0, 0.1) is 18.3 Å². The van der Waals surface area contributed by atoms with Crippen molar-refractivity contribution in [2.45, 2.75) is 123 Å². The summed E-state index contributed by atoms with van der Waals surface area (Å²) in [6.07, 6.45) is 10.7. The van der Waals surface area contributed by atoms with E-state index in [9.17, 15) is 14.4 Å². The first-order valence-corrected chi connectivity index (χ1v) is 23.2. The van der Waals surface area contributed by atoms with Crippen molar-refractivity contribution < 1.29 is 19.1 Å². The van der Waals surface area contributed by atoms with Crippen LogP contribution in [0.4, 0.5) is 10.5 Å². The number of nitrogens with zero attached hydrogens (tertiary/aromatic N) is 5.